The number of halogens is 4. The van der Waals surface area contributed by atoms with Crippen LogP contribution in [0, 0.1) is 23.5 Å². The van der Waals surface area contributed by atoms with Gasteiger partial charge >= 0.3 is 11.9 Å². The van der Waals surface area contributed by atoms with Crippen LogP contribution in [-0.2, 0) is 32.4 Å². The summed E-state index contributed by atoms with van der Waals surface area (Å²) in [7, 11) is 0. The summed E-state index contributed by atoms with van der Waals surface area (Å²) >= 11 is 6.99. The molecule has 0 saturated carbocycles. The average Bonchev–Trinajstić information content (AvgIpc) is 3.76. The molecule has 2 fully saturated rings. The van der Waals surface area contributed by atoms with Gasteiger partial charge in [0.15, 0.2) is 0 Å². The van der Waals surface area contributed by atoms with E-state index in [1.165, 1.54) is 24.3 Å². The Hall–Kier alpha value is -5.42. The van der Waals surface area contributed by atoms with Crippen molar-refractivity contribution in [1.82, 2.24) is 19.6 Å². The van der Waals surface area contributed by atoms with Crippen molar-refractivity contribution in [2.24, 2.45) is 22.1 Å². The topological polar surface area (TPSA) is 124 Å². The molecule has 4 heterocycles. The number of amides is 2. The molecule has 0 N–H and O–H groups in total. The van der Waals surface area contributed by atoms with E-state index in [4.69, 9.17) is 9.68 Å². The van der Waals surface area contributed by atoms with Crippen LogP contribution in [-0.4, -0.2) is 107 Å². The van der Waals surface area contributed by atoms with Crippen LogP contribution >= 0.6 is 31.9 Å². The third-order valence-corrected chi connectivity index (χ3v) is 13.2. The van der Waals surface area contributed by atoms with Gasteiger partial charge in [-0.15, -0.1) is 0 Å². The van der Waals surface area contributed by atoms with E-state index in [0.29, 0.717) is 73.7 Å². The van der Waals surface area contributed by atoms with Gasteiger partial charge in [0.1, 0.15) is 23.1 Å². The van der Waals surface area contributed by atoms with Crippen LogP contribution in [0.25, 0.3) is 0 Å². The lowest BCUT2D eigenvalue weighted by Crippen LogP contribution is -2.41. The maximum Gasteiger partial charge on any atom is 0.358 e. The van der Waals surface area contributed by atoms with E-state index in [1.54, 1.807) is 24.3 Å². The third-order valence-electron chi connectivity index (χ3n) is 12.2. The molecule has 4 aromatic carbocycles. The zero-order valence-electron chi connectivity index (χ0n) is 34.9. The molecular formula is C48H46Br2F2N6O6. The first-order valence-electron chi connectivity index (χ1n) is 21.3. The van der Waals surface area contributed by atoms with Crippen molar-refractivity contribution in [2.75, 3.05) is 52.4 Å². The molecule has 64 heavy (non-hydrogen) atoms. The zero-order valence-corrected chi connectivity index (χ0v) is 38.1. The summed E-state index contributed by atoms with van der Waals surface area (Å²) in [5, 5.41) is 8.26. The van der Waals surface area contributed by atoms with Gasteiger partial charge in [-0.1, -0.05) is 66.4 Å². The Morgan fingerprint density at radius 2 is 0.969 bits per heavy atom. The molecule has 2 amide bonds. The molecule has 0 atom stereocenters. The maximum absolute atomic E-state index is 13.9. The second-order valence-corrected chi connectivity index (χ2v) is 18.5. The predicted molar refractivity (Wildman–Crippen MR) is 243 cm³/mol. The number of oxime groups is 2. The molecule has 12 nitrogen and oxygen atoms in total. The van der Waals surface area contributed by atoms with Crippen LogP contribution in [0.2, 0.25) is 0 Å². The van der Waals surface area contributed by atoms with E-state index in [1.807, 2.05) is 46.2 Å². The second kappa shape index (κ2) is 20.6. The number of piperidine rings is 2. The second-order valence-electron chi connectivity index (χ2n) is 16.7. The lowest BCUT2D eigenvalue weighted by Gasteiger charge is -2.34. The van der Waals surface area contributed by atoms with Crippen LogP contribution in [0.15, 0.2) is 116 Å². The normalized spacial score (nSPS) is 17.9. The molecule has 0 aliphatic carbocycles. The van der Waals surface area contributed by atoms with Crippen molar-refractivity contribution in [2.45, 2.75) is 38.8 Å². The highest BCUT2D eigenvalue weighted by molar-refractivity contribution is 9.10. The van der Waals surface area contributed by atoms with Crippen LogP contribution in [0.5, 0.6) is 0 Å². The highest BCUT2D eigenvalue weighted by atomic mass is 79.9. The van der Waals surface area contributed by atoms with Gasteiger partial charge in [-0.05, 0) is 135 Å². The van der Waals surface area contributed by atoms with Crippen molar-refractivity contribution in [3.8, 4) is 0 Å². The molecule has 0 spiro atoms. The third kappa shape index (κ3) is 11.4. The smallest absolute Gasteiger partial charge is 0.334 e. The van der Waals surface area contributed by atoms with Crippen molar-refractivity contribution in [3.63, 3.8) is 0 Å². The Kier molecular flexibility index (Phi) is 14.5. The van der Waals surface area contributed by atoms with E-state index < -0.39 is 23.6 Å². The number of hydrogen-bond donors (Lipinski definition) is 0. The quantitative estimate of drug-likeness (QED) is 0.0540. The summed E-state index contributed by atoms with van der Waals surface area (Å²) in [5.41, 5.74) is 5.49. The van der Waals surface area contributed by atoms with Gasteiger partial charge in [0.25, 0.3) is 11.8 Å². The van der Waals surface area contributed by atoms with Crippen molar-refractivity contribution >= 4 is 67.0 Å². The average molecular weight is 1000 g/mol. The Morgan fingerprint density at radius 3 is 1.34 bits per heavy atom. The molecule has 16 heteroatoms. The molecule has 0 unspecified atom stereocenters. The summed E-state index contributed by atoms with van der Waals surface area (Å²) < 4.78 is 29.6. The largest absolute Gasteiger partial charge is 0.358 e. The number of fused-ring (bicyclic) bond motifs is 2. The molecule has 4 aromatic rings. The highest BCUT2D eigenvalue weighted by Crippen LogP contribution is 2.30. The molecule has 8 rings (SSSR count). The first-order chi connectivity index (χ1) is 30.9. The van der Waals surface area contributed by atoms with Gasteiger partial charge in [-0.3, -0.25) is 19.4 Å². The molecule has 0 radical (unpaired) electrons. The van der Waals surface area contributed by atoms with Gasteiger partial charge in [0.05, 0.1) is 0 Å². The predicted octanol–water partition coefficient (Wildman–Crippen LogP) is 7.98. The van der Waals surface area contributed by atoms with Crippen LogP contribution in [0.1, 0.15) is 68.7 Å². The number of carbonyl (C=O) groups excluding carboxylic acids is 4. The molecule has 4 aliphatic rings. The minimum Gasteiger partial charge on any atom is -0.334 e. The number of likely N-dealkylation sites (tertiary alicyclic amines) is 2. The van der Waals surface area contributed by atoms with E-state index in [9.17, 15) is 28.0 Å². The number of benzene rings is 4. The number of rotatable bonds is 14. The van der Waals surface area contributed by atoms with Crippen LogP contribution in [0.4, 0.5) is 8.78 Å². The Morgan fingerprint density at radius 1 is 0.594 bits per heavy atom. The summed E-state index contributed by atoms with van der Waals surface area (Å²) in [6, 6.07) is 23.0. The van der Waals surface area contributed by atoms with Crippen molar-refractivity contribution in [3.05, 3.63) is 151 Å². The first kappa shape index (κ1) is 45.2. The molecule has 2 saturated heterocycles. The maximum atomic E-state index is 13.9. The minimum absolute atomic E-state index is 0.0555. The number of hydrogen-bond acceptors (Lipinski definition) is 10. The van der Waals surface area contributed by atoms with Crippen molar-refractivity contribution < 1.29 is 37.6 Å². The lowest BCUT2D eigenvalue weighted by molar-refractivity contribution is -0.140. The van der Waals surface area contributed by atoms with Crippen LogP contribution < -0.4 is 0 Å². The zero-order chi connectivity index (χ0) is 44.7. The van der Waals surface area contributed by atoms with Gasteiger partial charge < -0.3 is 19.5 Å². The Balaban J connectivity index is 0.833. The standard InChI is InChI=1S/C48H46Br2F2N6O6/c49-37-5-11-41-35(23-37)27-57(47(41)61)25-31-15-19-55(20-16-31)29-43(33-1-7-39(51)8-2-33)53-63-45(59)13-14-46(60)64-54-44(34-3-9-40(52)10-4-34)30-56-21-17-32(18-22-56)26-58-28-36-24-38(50)6-12-42(36)48(58)62/h1-14,23-24,31-32H,15-22,25-30H2/b14-13+,53-43-,54-44-. The van der Waals surface area contributed by atoms with E-state index in [-0.39, 0.29) is 11.8 Å². The van der Waals surface area contributed by atoms with Gasteiger partial charge in [-0.2, -0.15) is 0 Å². The molecule has 0 aromatic heterocycles. The van der Waals surface area contributed by atoms with Crippen LogP contribution in [0.3, 0.4) is 0 Å². The molecule has 4 aliphatic heterocycles. The van der Waals surface area contributed by atoms with Gasteiger partial charge in [-0.25, -0.2) is 18.4 Å². The van der Waals surface area contributed by atoms with Crippen molar-refractivity contribution in [1.29, 1.82) is 0 Å². The fraction of sp³-hybridized carbons (Fsp3) is 0.333. The van der Waals surface area contributed by atoms with E-state index in [0.717, 1.165) is 95.2 Å². The Labute approximate surface area is 386 Å². The van der Waals surface area contributed by atoms with E-state index in [2.05, 4.69) is 52.0 Å². The van der Waals surface area contributed by atoms with Gasteiger partial charge in [0.2, 0.25) is 0 Å². The highest BCUT2D eigenvalue weighted by Gasteiger charge is 2.32. The van der Waals surface area contributed by atoms with E-state index >= 15 is 0 Å². The molecule has 0 bridgehead atoms. The fourth-order valence-corrected chi connectivity index (χ4v) is 9.54. The first-order valence-corrected chi connectivity index (χ1v) is 22.9. The summed E-state index contributed by atoms with van der Waals surface area (Å²) in [5.74, 6) is -1.95. The number of carbonyl (C=O) groups is 4. The Bertz CT molecular complexity index is 2310. The summed E-state index contributed by atoms with van der Waals surface area (Å²) in [6.07, 6.45) is 5.18. The van der Waals surface area contributed by atoms with Gasteiger partial charge in [0, 0.05) is 82.6 Å². The number of nitrogens with zero attached hydrogens (tertiary/aromatic N) is 6. The summed E-state index contributed by atoms with van der Waals surface area (Å²) in [6.45, 7) is 6.06. The monoisotopic (exact) mass is 998 g/mol. The lowest BCUT2D eigenvalue weighted by atomic mass is 9.95. The molecule has 332 valence electrons. The fourth-order valence-electron chi connectivity index (χ4n) is 8.72. The minimum atomic E-state index is -0.934. The molecular weight excluding hydrogens is 954 g/mol. The summed E-state index contributed by atoms with van der Waals surface area (Å²) in [4.78, 5) is 70.2. The SMILES string of the molecule is O=C(/C=C/C(=O)O/N=C(/CN1CCC(CN2Cc3cc(Br)ccc3C2=O)CC1)c1ccc(F)cc1)O/N=C(/CN1CCC(CN2Cc3cc(Br)ccc3C2=O)CC1)c1ccc(F)cc1.